The van der Waals surface area contributed by atoms with E-state index in [1.165, 1.54) is 24.0 Å². The highest BCUT2D eigenvalue weighted by Crippen LogP contribution is 2.26. The number of carbonyl (C=O) groups excluding carboxylic acids is 2. The first kappa shape index (κ1) is 21.6. The van der Waals surface area contributed by atoms with Crippen LogP contribution in [0.4, 0.5) is 5.69 Å². The molecule has 7 nitrogen and oxygen atoms in total. The van der Waals surface area contributed by atoms with Gasteiger partial charge in [-0.05, 0) is 64.2 Å². The fourth-order valence-electron chi connectivity index (χ4n) is 4.82. The van der Waals surface area contributed by atoms with Crippen LogP contribution in [0.2, 0.25) is 0 Å². The summed E-state index contributed by atoms with van der Waals surface area (Å²) in [4.78, 5) is 34.6. The molecule has 0 aliphatic carbocycles. The molecule has 2 fully saturated rings. The SMILES string of the molecule is C[C@@H]1CN(C(=O)c2ccccc2N(C)C(=O)c2ccco2)CCN1C1CCN(C)CC1. The van der Waals surface area contributed by atoms with Crippen LogP contribution in [0.3, 0.4) is 0 Å². The smallest absolute Gasteiger partial charge is 0.293 e. The van der Waals surface area contributed by atoms with E-state index in [1.807, 2.05) is 23.1 Å². The molecule has 0 radical (unpaired) electrons. The minimum atomic E-state index is -0.272. The van der Waals surface area contributed by atoms with Crippen LogP contribution >= 0.6 is 0 Å². The van der Waals surface area contributed by atoms with E-state index in [2.05, 4.69) is 23.8 Å². The molecule has 3 heterocycles. The summed E-state index contributed by atoms with van der Waals surface area (Å²) in [6, 6.07) is 11.5. The zero-order chi connectivity index (χ0) is 22.0. The molecule has 0 N–H and O–H groups in total. The van der Waals surface area contributed by atoms with Crippen molar-refractivity contribution in [3.8, 4) is 0 Å². The number of likely N-dealkylation sites (tertiary alicyclic amines) is 1. The number of hydrogen-bond acceptors (Lipinski definition) is 5. The summed E-state index contributed by atoms with van der Waals surface area (Å²) in [5.41, 5.74) is 1.14. The Morgan fingerprint density at radius 2 is 1.77 bits per heavy atom. The van der Waals surface area contributed by atoms with Crippen molar-refractivity contribution in [3.05, 3.63) is 54.0 Å². The van der Waals surface area contributed by atoms with Crippen molar-refractivity contribution in [3.63, 3.8) is 0 Å². The van der Waals surface area contributed by atoms with Gasteiger partial charge >= 0.3 is 0 Å². The summed E-state index contributed by atoms with van der Waals surface area (Å²) in [5.74, 6) is -0.0413. The second kappa shape index (κ2) is 9.24. The number of rotatable bonds is 4. The molecular weight excluding hydrogens is 392 g/mol. The van der Waals surface area contributed by atoms with Gasteiger partial charge in [0.05, 0.1) is 17.5 Å². The van der Waals surface area contributed by atoms with Gasteiger partial charge in [-0.15, -0.1) is 0 Å². The van der Waals surface area contributed by atoms with Crippen molar-refractivity contribution in [2.45, 2.75) is 31.8 Å². The van der Waals surface area contributed by atoms with Crippen molar-refractivity contribution in [1.82, 2.24) is 14.7 Å². The first-order chi connectivity index (χ1) is 15.0. The summed E-state index contributed by atoms with van der Waals surface area (Å²) >= 11 is 0. The Balaban J connectivity index is 1.46. The molecule has 2 amide bonds. The third kappa shape index (κ3) is 4.52. The van der Waals surface area contributed by atoms with Crippen LogP contribution in [0.25, 0.3) is 0 Å². The van der Waals surface area contributed by atoms with Crippen molar-refractivity contribution < 1.29 is 14.0 Å². The van der Waals surface area contributed by atoms with E-state index in [0.717, 1.165) is 19.6 Å². The van der Waals surface area contributed by atoms with Crippen LogP contribution in [0.15, 0.2) is 47.1 Å². The summed E-state index contributed by atoms with van der Waals surface area (Å²) < 4.78 is 5.25. The van der Waals surface area contributed by atoms with Gasteiger partial charge in [0.1, 0.15) is 0 Å². The maximum absolute atomic E-state index is 13.4. The fraction of sp³-hybridized carbons (Fsp3) is 0.500. The van der Waals surface area contributed by atoms with Crippen LogP contribution in [0, 0.1) is 0 Å². The highest BCUT2D eigenvalue weighted by molar-refractivity contribution is 6.09. The third-order valence-electron chi connectivity index (χ3n) is 6.66. The summed E-state index contributed by atoms with van der Waals surface area (Å²) in [6.45, 7) is 6.80. The third-order valence-corrected chi connectivity index (χ3v) is 6.66. The topological polar surface area (TPSA) is 60.2 Å². The lowest BCUT2D eigenvalue weighted by molar-refractivity contribution is 0.0228. The Morgan fingerprint density at radius 1 is 1.03 bits per heavy atom. The number of piperazine rings is 1. The Labute approximate surface area is 184 Å². The molecule has 0 bridgehead atoms. The summed E-state index contributed by atoms with van der Waals surface area (Å²) in [5, 5.41) is 0. The Bertz CT molecular complexity index is 905. The number of nitrogens with zero attached hydrogens (tertiary/aromatic N) is 4. The summed E-state index contributed by atoms with van der Waals surface area (Å²) in [7, 11) is 3.86. The molecule has 0 spiro atoms. The van der Waals surface area contributed by atoms with Crippen LogP contribution < -0.4 is 4.90 Å². The molecule has 166 valence electrons. The standard InChI is InChI=1S/C24H32N4O3/c1-18-17-27(14-15-28(18)19-10-12-25(2)13-11-19)23(29)20-7-4-5-8-21(20)26(3)24(30)22-9-6-16-31-22/h4-9,16,18-19H,10-15,17H2,1-3H3/t18-/m1/s1. The van der Waals surface area contributed by atoms with Crippen molar-refractivity contribution in [2.24, 2.45) is 0 Å². The van der Waals surface area contributed by atoms with Gasteiger partial charge in [-0.1, -0.05) is 12.1 Å². The zero-order valence-corrected chi connectivity index (χ0v) is 18.7. The highest BCUT2D eigenvalue weighted by atomic mass is 16.3. The monoisotopic (exact) mass is 424 g/mol. The minimum Gasteiger partial charge on any atom is -0.459 e. The lowest BCUT2D eigenvalue weighted by Gasteiger charge is -2.46. The number of furan rings is 1. The van der Waals surface area contributed by atoms with Crippen molar-refractivity contribution in [1.29, 1.82) is 0 Å². The molecule has 2 aliphatic heterocycles. The van der Waals surface area contributed by atoms with Crippen molar-refractivity contribution >= 4 is 17.5 Å². The molecule has 4 rings (SSSR count). The van der Waals surface area contributed by atoms with E-state index in [-0.39, 0.29) is 17.6 Å². The number of benzene rings is 1. The molecular formula is C24H32N4O3. The van der Waals surface area contributed by atoms with Gasteiger partial charge in [-0.2, -0.15) is 0 Å². The molecule has 1 aromatic carbocycles. The largest absolute Gasteiger partial charge is 0.459 e. The second-order valence-corrected chi connectivity index (χ2v) is 8.73. The maximum atomic E-state index is 13.4. The maximum Gasteiger partial charge on any atom is 0.293 e. The molecule has 7 heteroatoms. The molecule has 0 saturated carbocycles. The fourth-order valence-corrected chi connectivity index (χ4v) is 4.82. The van der Waals surface area contributed by atoms with Gasteiger partial charge in [-0.3, -0.25) is 14.5 Å². The second-order valence-electron chi connectivity index (χ2n) is 8.73. The minimum absolute atomic E-state index is 0.0235. The van der Waals surface area contributed by atoms with Crippen molar-refractivity contribution in [2.75, 3.05) is 51.7 Å². The number of anilines is 1. The number of piperidine rings is 1. The molecule has 31 heavy (non-hydrogen) atoms. The van der Waals surface area contributed by atoms with Crippen LogP contribution in [-0.4, -0.2) is 85.4 Å². The average Bonchev–Trinajstić information content (AvgIpc) is 3.33. The number of para-hydroxylation sites is 1. The molecule has 0 unspecified atom stereocenters. The van der Waals surface area contributed by atoms with E-state index < -0.39 is 0 Å². The number of amides is 2. The van der Waals surface area contributed by atoms with Crippen LogP contribution in [0.5, 0.6) is 0 Å². The molecule has 2 saturated heterocycles. The summed E-state index contributed by atoms with van der Waals surface area (Å²) in [6.07, 6.45) is 3.86. The van der Waals surface area contributed by atoms with E-state index in [9.17, 15) is 9.59 Å². The van der Waals surface area contributed by atoms with E-state index in [1.54, 1.807) is 25.2 Å². The van der Waals surface area contributed by atoms with Gasteiger partial charge < -0.3 is 19.1 Å². The van der Waals surface area contributed by atoms with E-state index >= 15 is 0 Å². The Morgan fingerprint density at radius 3 is 2.45 bits per heavy atom. The highest BCUT2D eigenvalue weighted by Gasteiger charge is 2.33. The number of hydrogen-bond donors (Lipinski definition) is 0. The Kier molecular flexibility index (Phi) is 6.43. The molecule has 2 aliphatic rings. The lowest BCUT2D eigenvalue weighted by Crippen LogP contribution is -2.58. The first-order valence-electron chi connectivity index (χ1n) is 11.1. The average molecular weight is 425 g/mol. The zero-order valence-electron chi connectivity index (χ0n) is 18.7. The predicted molar refractivity (Wildman–Crippen MR) is 120 cm³/mol. The quantitative estimate of drug-likeness (QED) is 0.755. The Hall–Kier alpha value is -2.64. The van der Waals surface area contributed by atoms with Gasteiger partial charge in [0, 0.05) is 38.8 Å². The van der Waals surface area contributed by atoms with Crippen LogP contribution in [-0.2, 0) is 0 Å². The first-order valence-corrected chi connectivity index (χ1v) is 11.1. The van der Waals surface area contributed by atoms with Gasteiger partial charge in [0.2, 0.25) is 0 Å². The predicted octanol–water partition coefficient (Wildman–Crippen LogP) is 2.80. The molecule has 2 aromatic rings. The molecule has 1 aromatic heterocycles. The van der Waals surface area contributed by atoms with E-state index in [4.69, 9.17) is 4.42 Å². The normalized spacial score (nSPS) is 21.3. The van der Waals surface area contributed by atoms with Gasteiger partial charge in [0.15, 0.2) is 5.76 Å². The molecule has 1 atom stereocenters. The van der Waals surface area contributed by atoms with Gasteiger partial charge in [0.25, 0.3) is 11.8 Å². The lowest BCUT2D eigenvalue weighted by atomic mass is 10.00. The number of carbonyl (C=O) groups is 2. The van der Waals surface area contributed by atoms with E-state index in [0.29, 0.717) is 36.4 Å². The van der Waals surface area contributed by atoms with Crippen LogP contribution in [0.1, 0.15) is 40.7 Å². The van der Waals surface area contributed by atoms with Gasteiger partial charge in [-0.25, -0.2) is 0 Å².